The van der Waals surface area contributed by atoms with Crippen molar-refractivity contribution in [2.75, 3.05) is 31.2 Å². The maximum atomic E-state index is 11.1. The van der Waals surface area contributed by atoms with Gasteiger partial charge in [-0.1, -0.05) is 0 Å². The molecule has 0 radical (unpaired) electrons. The van der Waals surface area contributed by atoms with Crippen molar-refractivity contribution in [1.29, 1.82) is 0 Å². The molecule has 1 aromatic heterocycles. The van der Waals surface area contributed by atoms with Crippen molar-refractivity contribution in [2.24, 2.45) is 0 Å². The van der Waals surface area contributed by atoms with E-state index in [1.807, 2.05) is 0 Å². The largest absolute Gasteiger partial charge is 0.378 e. The van der Waals surface area contributed by atoms with E-state index < -0.39 is 4.92 Å². The minimum Gasteiger partial charge on any atom is -0.378 e. The number of benzene rings is 1. The lowest BCUT2D eigenvalue weighted by atomic mass is 10.1. The van der Waals surface area contributed by atoms with E-state index >= 15 is 0 Å². The van der Waals surface area contributed by atoms with Crippen LogP contribution in [0.5, 0.6) is 0 Å². The second-order valence-corrected chi connectivity index (χ2v) is 4.38. The van der Waals surface area contributed by atoms with Gasteiger partial charge in [0.15, 0.2) is 5.52 Å². The number of fused-ring (bicyclic) bond motifs is 1. The number of nitrogens with zero attached hydrogens (tertiary/aromatic N) is 4. The normalized spacial score (nSPS) is 15.9. The first kappa shape index (κ1) is 11.8. The molecule has 8 heteroatoms. The zero-order valence-corrected chi connectivity index (χ0v) is 10.3. The van der Waals surface area contributed by atoms with Gasteiger partial charge in [-0.05, 0) is 23.3 Å². The molecule has 0 spiro atoms. The summed E-state index contributed by atoms with van der Waals surface area (Å²) in [5, 5.41) is 18.6. The van der Waals surface area contributed by atoms with Gasteiger partial charge in [0.2, 0.25) is 5.52 Å². The number of nitro groups is 1. The molecule has 1 aliphatic heterocycles. The zero-order chi connectivity index (χ0) is 13.4. The summed E-state index contributed by atoms with van der Waals surface area (Å²) in [5.41, 5.74) is 1.94. The van der Waals surface area contributed by atoms with Gasteiger partial charge >= 0.3 is 5.69 Å². The van der Waals surface area contributed by atoms with Gasteiger partial charge in [-0.15, -0.1) is 0 Å². The van der Waals surface area contributed by atoms with Crippen molar-refractivity contribution in [3.05, 3.63) is 21.7 Å². The summed E-state index contributed by atoms with van der Waals surface area (Å²) in [6.07, 6.45) is 0. The van der Waals surface area contributed by atoms with Gasteiger partial charge in [-0.3, -0.25) is 10.1 Å². The highest BCUT2D eigenvalue weighted by Crippen LogP contribution is 2.34. The Labute approximate surface area is 108 Å². The number of anilines is 1. The van der Waals surface area contributed by atoms with Crippen LogP contribution in [0.25, 0.3) is 11.0 Å². The Morgan fingerprint density at radius 2 is 2.00 bits per heavy atom. The molecule has 0 atom stereocenters. The van der Waals surface area contributed by atoms with Crippen LogP contribution in [0, 0.1) is 17.0 Å². The molecule has 0 amide bonds. The Balaban J connectivity index is 2.18. The van der Waals surface area contributed by atoms with Crippen molar-refractivity contribution >= 4 is 22.4 Å². The van der Waals surface area contributed by atoms with Gasteiger partial charge in [-0.2, -0.15) is 0 Å². The Bertz CT molecular complexity index is 633. The third kappa shape index (κ3) is 1.89. The summed E-state index contributed by atoms with van der Waals surface area (Å²) in [6.45, 7) is 4.39. The van der Waals surface area contributed by atoms with E-state index in [4.69, 9.17) is 4.74 Å². The summed E-state index contributed by atoms with van der Waals surface area (Å²) in [5.74, 6) is 0. The van der Waals surface area contributed by atoms with Crippen LogP contribution in [0.4, 0.5) is 11.4 Å². The highest BCUT2D eigenvalue weighted by Gasteiger charge is 2.26. The quantitative estimate of drug-likeness (QED) is 0.595. The number of aryl methyl sites for hydroxylation is 1. The molecular weight excluding hydrogens is 252 g/mol. The van der Waals surface area contributed by atoms with E-state index in [9.17, 15) is 10.1 Å². The lowest BCUT2D eigenvalue weighted by molar-refractivity contribution is -0.383. The molecule has 1 fully saturated rings. The fourth-order valence-electron chi connectivity index (χ4n) is 2.32. The van der Waals surface area contributed by atoms with Crippen LogP contribution in [0.15, 0.2) is 10.7 Å². The smallest absolute Gasteiger partial charge is 0.303 e. The predicted octanol–water partition coefficient (Wildman–Crippen LogP) is 1.28. The number of rotatable bonds is 2. The second kappa shape index (κ2) is 4.47. The average molecular weight is 264 g/mol. The van der Waals surface area contributed by atoms with Crippen LogP contribution in [0.2, 0.25) is 0 Å². The van der Waals surface area contributed by atoms with Crippen LogP contribution in [-0.4, -0.2) is 41.5 Å². The molecule has 0 bridgehead atoms. The maximum absolute atomic E-state index is 11.1. The molecule has 2 aromatic rings. The molecule has 2 heterocycles. The SMILES string of the molecule is Cc1cc(N2CCOCC2)c2nonc2c1[N+](=O)[O-]. The minimum absolute atomic E-state index is 0.0479. The predicted molar refractivity (Wildman–Crippen MR) is 66.2 cm³/mol. The Kier molecular flexibility index (Phi) is 2.79. The van der Waals surface area contributed by atoms with Gasteiger partial charge in [-0.25, -0.2) is 4.63 Å². The zero-order valence-electron chi connectivity index (χ0n) is 10.3. The van der Waals surface area contributed by atoms with Gasteiger partial charge in [0.05, 0.1) is 23.8 Å². The van der Waals surface area contributed by atoms with Crippen LogP contribution in [0.3, 0.4) is 0 Å². The average Bonchev–Trinajstić information content (AvgIpc) is 2.87. The molecule has 0 saturated carbocycles. The number of morpholine rings is 1. The number of nitro benzene ring substituents is 1. The van der Waals surface area contributed by atoms with Gasteiger partial charge in [0.1, 0.15) is 0 Å². The standard InChI is InChI=1S/C11H12N4O4/c1-7-6-8(14-2-4-18-5-3-14)9-10(13-19-12-9)11(7)15(16)17/h6H,2-5H2,1H3. The lowest BCUT2D eigenvalue weighted by Gasteiger charge is -2.28. The van der Waals surface area contributed by atoms with Crippen molar-refractivity contribution in [3.8, 4) is 0 Å². The van der Waals surface area contributed by atoms with Crippen LogP contribution in [0.1, 0.15) is 5.56 Å². The van der Waals surface area contributed by atoms with E-state index in [1.54, 1.807) is 13.0 Å². The molecule has 1 aliphatic rings. The molecule has 1 aromatic carbocycles. The molecule has 100 valence electrons. The van der Waals surface area contributed by atoms with E-state index in [0.29, 0.717) is 24.3 Å². The number of hydrogen-bond acceptors (Lipinski definition) is 7. The fourth-order valence-corrected chi connectivity index (χ4v) is 2.32. The third-order valence-corrected chi connectivity index (χ3v) is 3.22. The van der Waals surface area contributed by atoms with E-state index in [0.717, 1.165) is 18.8 Å². The van der Waals surface area contributed by atoms with Crippen LogP contribution in [-0.2, 0) is 4.74 Å². The molecular formula is C11H12N4O4. The Morgan fingerprint density at radius 3 is 2.68 bits per heavy atom. The van der Waals surface area contributed by atoms with Gasteiger partial charge in [0, 0.05) is 18.7 Å². The summed E-state index contributed by atoms with van der Waals surface area (Å²) in [7, 11) is 0. The fraction of sp³-hybridized carbons (Fsp3) is 0.455. The number of hydrogen-bond donors (Lipinski definition) is 0. The highest BCUT2D eigenvalue weighted by molar-refractivity contribution is 5.95. The van der Waals surface area contributed by atoms with E-state index in [-0.39, 0.29) is 11.2 Å². The first-order valence-electron chi connectivity index (χ1n) is 5.91. The summed E-state index contributed by atoms with van der Waals surface area (Å²) < 4.78 is 9.98. The lowest BCUT2D eigenvalue weighted by Crippen LogP contribution is -2.36. The van der Waals surface area contributed by atoms with Crippen molar-refractivity contribution in [1.82, 2.24) is 10.3 Å². The highest BCUT2D eigenvalue weighted by atomic mass is 16.6. The Hall–Kier alpha value is -2.22. The van der Waals surface area contributed by atoms with E-state index in [2.05, 4.69) is 19.8 Å². The topological polar surface area (TPSA) is 94.5 Å². The summed E-state index contributed by atoms with van der Waals surface area (Å²) in [6, 6.07) is 1.76. The second-order valence-electron chi connectivity index (χ2n) is 4.38. The third-order valence-electron chi connectivity index (χ3n) is 3.22. The Morgan fingerprint density at radius 1 is 1.32 bits per heavy atom. The minimum atomic E-state index is -0.453. The number of ether oxygens (including phenoxy) is 1. The molecule has 1 saturated heterocycles. The van der Waals surface area contributed by atoms with Crippen LogP contribution >= 0.6 is 0 Å². The number of aromatic nitrogens is 2. The molecule has 0 unspecified atom stereocenters. The molecule has 19 heavy (non-hydrogen) atoms. The van der Waals surface area contributed by atoms with Crippen LogP contribution < -0.4 is 4.90 Å². The molecule has 0 N–H and O–H groups in total. The molecule has 3 rings (SSSR count). The summed E-state index contributed by atoms with van der Waals surface area (Å²) in [4.78, 5) is 12.7. The first-order valence-corrected chi connectivity index (χ1v) is 5.91. The van der Waals surface area contributed by atoms with Gasteiger partial charge in [0.25, 0.3) is 0 Å². The monoisotopic (exact) mass is 264 g/mol. The molecule has 0 aliphatic carbocycles. The first-order chi connectivity index (χ1) is 9.18. The summed E-state index contributed by atoms with van der Waals surface area (Å²) >= 11 is 0. The van der Waals surface area contributed by atoms with Crippen molar-refractivity contribution < 1.29 is 14.3 Å². The van der Waals surface area contributed by atoms with Gasteiger partial charge < -0.3 is 9.64 Å². The van der Waals surface area contributed by atoms with Crippen molar-refractivity contribution in [3.63, 3.8) is 0 Å². The van der Waals surface area contributed by atoms with E-state index in [1.165, 1.54) is 0 Å². The maximum Gasteiger partial charge on any atom is 0.303 e. The van der Waals surface area contributed by atoms with Crippen molar-refractivity contribution in [2.45, 2.75) is 6.92 Å². The molecule has 8 nitrogen and oxygen atoms in total.